The summed E-state index contributed by atoms with van der Waals surface area (Å²) < 4.78 is 10.2. The minimum atomic E-state index is -0.463. The number of carbonyl (C=O) groups is 1. The number of methoxy groups -OCH3 is 2. The van der Waals surface area contributed by atoms with Gasteiger partial charge in [-0.25, -0.2) is 0 Å². The lowest BCUT2D eigenvalue weighted by Gasteiger charge is -2.14. The Morgan fingerprint density at radius 1 is 1.15 bits per heavy atom. The first kappa shape index (κ1) is 18.6. The molecule has 0 spiro atoms. The maximum absolute atomic E-state index is 12.4. The Balaban J connectivity index is 1.88. The monoisotopic (exact) mass is 370 g/mol. The molecule has 26 heavy (non-hydrogen) atoms. The van der Waals surface area contributed by atoms with Crippen LogP contribution >= 0.6 is 11.8 Å². The van der Waals surface area contributed by atoms with Crippen molar-refractivity contribution in [3.63, 3.8) is 0 Å². The number of hydrogen-bond donors (Lipinski definition) is 1. The molecular formula is C20H22N2O3S. The van der Waals surface area contributed by atoms with E-state index in [-0.39, 0.29) is 12.5 Å². The molecule has 1 aliphatic rings. The molecule has 2 aromatic rings. The fourth-order valence-electron chi connectivity index (χ4n) is 2.76. The third-order valence-corrected chi connectivity index (χ3v) is 5.33. The lowest BCUT2D eigenvalue weighted by Crippen LogP contribution is -2.34. The summed E-state index contributed by atoms with van der Waals surface area (Å²) in [4.78, 5) is 19.5. The van der Waals surface area contributed by atoms with E-state index in [9.17, 15) is 4.79 Å². The second-order valence-corrected chi connectivity index (χ2v) is 6.89. The molecule has 1 aliphatic heterocycles. The van der Waals surface area contributed by atoms with E-state index in [4.69, 9.17) is 14.5 Å². The van der Waals surface area contributed by atoms with Crippen molar-refractivity contribution in [3.05, 3.63) is 53.6 Å². The smallest absolute Gasteiger partial charge is 0.251 e. The van der Waals surface area contributed by atoms with Crippen LogP contribution in [0.25, 0.3) is 0 Å². The summed E-state index contributed by atoms with van der Waals surface area (Å²) in [7, 11) is 3.08. The maximum atomic E-state index is 12.4. The number of nitrogens with one attached hydrogen (secondary N) is 1. The molecule has 6 heteroatoms. The number of hydrogen-bond acceptors (Lipinski definition) is 5. The Morgan fingerprint density at radius 3 is 2.65 bits per heavy atom. The predicted octanol–water partition coefficient (Wildman–Crippen LogP) is 4.03. The van der Waals surface area contributed by atoms with Crippen LogP contribution in [0.1, 0.15) is 29.3 Å². The highest BCUT2D eigenvalue weighted by Gasteiger charge is 2.18. The van der Waals surface area contributed by atoms with E-state index >= 15 is 0 Å². The van der Waals surface area contributed by atoms with Crippen molar-refractivity contribution in [1.29, 1.82) is 0 Å². The summed E-state index contributed by atoms with van der Waals surface area (Å²) in [5.41, 5.74) is 3.58. The van der Waals surface area contributed by atoms with Crippen molar-refractivity contribution in [2.45, 2.75) is 29.4 Å². The largest absolute Gasteiger partial charge is 0.354 e. The maximum Gasteiger partial charge on any atom is 0.251 e. The third kappa shape index (κ3) is 3.98. The molecule has 5 nitrogen and oxygen atoms in total. The van der Waals surface area contributed by atoms with Crippen molar-refractivity contribution < 1.29 is 14.3 Å². The molecule has 0 aromatic heterocycles. The van der Waals surface area contributed by atoms with Crippen molar-refractivity contribution in [2.24, 2.45) is 4.99 Å². The molecule has 0 atom stereocenters. The van der Waals surface area contributed by atoms with Gasteiger partial charge in [0.25, 0.3) is 5.91 Å². The first-order valence-electron chi connectivity index (χ1n) is 8.49. The predicted molar refractivity (Wildman–Crippen MR) is 104 cm³/mol. The van der Waals surface area contributed by atoms with Crippen LogP contribution in [0, 0.1) is 0 Å². The van der Waals surface area contributed by atoms with Crippen LogP contribution in [0.2, 0.25) is 0 Å². The Hall–Kier alpha value is -2.15. The van der Waals surface area contributed by atoms with Gasteiger partial charge in [-0.1, -0.05) is 36.9 Å². The summed E-state index contributed by atoms with van der Waals surface area (Å²) in [6.45, 7) is 2.38. The quantitative estimate of drug-likeness (QED) is 0.780. The van der Waals surface area contributed by atoms with Crippen LogP contribution in [0.5, 0.6) is 0 Å². The fourth-order valence-corrected chi connectivity index (χ4v) is 3.79. The first-order valence-corrected chi connectivity index (χ1v) is 9.30. The number of rotatable bonds is 6. The van der Waals surface area contributed by atoms with Gasteiger partial charge in [0.15, 0.2) is 6.29 Å². The number of aliphatic imine (C=N–C) groups is 1. The highest BCUT2D eigenvalue weighted by atomic mass is 32.2. The van der Waals surface area contributed by atoms with E-state index < -0.39 is 6.29 Å². The summed E-state index contributed by atoms with van der Waals surface area (Å²) >= 11 is 1.68. The topological polar surface area (TPSA) is 59.9 Å². The van der Waals surface area contributed by atoms with Crippen molar-refractivity contribution in [2.75, 3.05) is 20.8 Å². The molecule has 0 bridgehead atoms. The molecule has 1 N–H and O–H groups in total. The third-order valence-electron chi connectivity index (χ3n) is 4.18. The molecule has 136 valence electrons. The zero-order chi connectivity index (χ0) is 18.5. The summed E-state index contributed by atoms with van der Waals surface area (Å²) in [5.74, 6) is -0.174. The normalized spacial score (nSPS) is 12.8. The van der Waals surface area contributed by atoms with Gasteiger partial charge in [-0.15, -0.1) is 0 Å². The van der Waals surface area contributed by atoms with E-state index in [0.29, 0.717) is 5.56 Å². The van der Waals surface area contributed by atoms with E-state index in [1.807, 2.05) is 30.3 Å². The highest BCUT2D eigenvalue weighted by molar-refractivity contribution is 7.99. The molecule has 1 amide bonds. The first-order chi connectivity index (χ1) is 12.7. The minimum Gasteiger partial charge on any atom is -0.354 e. The molecule has 0 aliphatic carbocycles. The average molecular weight is 370 g/mol. The summed E-state index contributed by atoms with van der Waals surface area (Å²) in [6, 6.07) is 13.9. The lowest BCUT2D eigenvalue weighted by atomic mass is 10.1. The van der Waals surface area contributed by atoms with Gasteiger partial charge in [-0.3, -0.25) is 9.79 Å². The Bertz CT molecular complexity index is 832. The molecule has 0 unspecified atom stereocenters. The highest BCUT2D eigenvalue weighted by Crippen LogP contribution is 2.41. The molecule has 0 radical (unpaired) electrons. The number of amides is 1. The van der Waals surface area contributed by atoms with Gasteiger partial charge < -0.3 is 14.8 Å². The number of fused-ring (bicyclic) bond motifs is 2. The van der Waals surface area contributed by atoms with Gasteiger partial charge in [0.1, 0.15) is 0 Å². The molecule has 0 fully saturated rings. The zero-order valence-corrected chi connectivity index (χ0v) is 15.9. The Labute approximate surface area is 157 Å². The van der Waals surface area contributed by atoms with Gasteiger partial charge in [-0.05, 0) is 30.7 Å². The van der Waals surface area contributed by atoms with Crippen LogP contribution in [-0.2, 0) is 9.47 Å². The van der Waals surface area contributed by atoms with Crippen molar-refractivity contribution >= 4 is 29.1 Å². The summed E-state index contributed by atoms with van der Waals surface area (Å²) in [6.07, 6.45) is 0.367. The fraction of sp³-hybridized carbons (Fsp3) is 0.300. The van der Waals surface area contributed by atoms with E-state index in [0.717, 1.165) is 28.3 Å². The van der Waals surface area contributed by atoms with E-state index in [2.05, 4.69) is 24.4 Å². The van der Waals surface area contributed by atoms with Gasteiger partial charge in [-0.2, -0.15) is 0 Å². The standard InChI is InChI=1S/C20H22N2O3S/c1-4-15-14-7-5-6-8-17(14)26-18-10-9-13(11-16(18)22-15)20(23)21-12-19(24-2)25-3/h5-11,19H,4,12H2,1-3H3,(H,21,23). The van der Waals surface area contributed by atoms with Crippen LogP contribution < -0.4 is 5.32 Å². The molecule has 0 saturated heterocycles. The number of benzene rings is 2. The number of nitrogens with zero attached hydrogens (tertiary/aromatic N) is 1. The van der Waals surface area contributed by atoms with Crippen LogP contribution in [0.15, 0.2) is 57.2 Å². The van der Waals surface area contributed by atoms with Crippen LogP contribution in [0.4, 0.5) is 5.69 Å². The van der Waals surface area contributed by atoms with E-state index in [1.165, 1.54) is 4.90 Å². The van der Waals surface area contributed by atoms with Gasteiger partial charge in [0, 0.05) is 40.8 Å². The second kappa shape index (κ2) is 8.49. The molecule has 0 saturated carbocycles. The molecular weight excluding hydrogens is 348 g/mol. The Morgan fingerprint density at radius 2 is 1.92 bits per heavy atom. The SMILES string of the molecule is CCC1=Nc2cc(C(=O)NCC(OC)OC)ccc2Sc2ccccc21. The number of carbonyl (C=O) groups excluding carboxylic acids is 1. The molecule has 2 aromatic carbocycles. The zero-order valence-electron chi connectivity index (χ0n) is 15.1. The average Bonchev–Trinajstić information content (AvgIpc) is 2.84. The van der Waals surface area contributed by atoms with Crippen LogP contribution in [-0.4, -0.2) is 38.7 Å². The lowest BCUT2D eigenvalue weighted by molar-refractivity contribution is -0.0974. The molecule has 1 heterocycles. The molecule has 3 rings (SSSR count). The van der Waals surface area contributed by atoms with Gasteiger partial charge >= 0.3 is 0 Å². The summed E-state index contributed by atoms with van der Waals surface area (Å²) in [5, 5.41) is 2.82. The van der Waals surface area contributed by atoms with Gasteiger partial charge in [0.05, 0.1) is 12.2 Å². The minimum absolute atomic E-state index is 0.174. The van der Waals surface area contributed by atoms with Crippen molar-refractivity contribution in [3.8, 4) is 0 Å². The van der Waals surface area contributed by atoms with Gasteiger partial charge in [0.2, 0.25) is 0 Å². The Kier molecular flexibility index (Phi) is 6.08. The van der Waals surface area contributed by atoms with Crippen LogP contribution in [0.3, 0.4) is 0 Å². The van der Waals surface area contributed by atoms with E-state index in [1.54, 1.807) is 26.0 Å². The van der Waals surface area contributed by atoms with Crippen molar-refractivity contribution in [1.82, 2.24) is 5.32 Å². The number of ether oxygens (including phenoxy) is 2. The second-order valence-electron chi connectivity index (χ2n) is 5.80.